The molecule has 0 amide bonds. The van der Waals surface area contributed by atoms with Crippen molar-refractivity contribution in [3.63, 3.8) is 0 Å². The Morgan fingerprint density at radius 3 is 2.57 bits per heavy atom. The van der Waals surface area contributed by atoms with Crippen molar-refractivity contribution in [1.29, 1.82) is 0 Å². The lowest BCUT2D eigenvalue weighted by Gasteiger charge is -2.45. The number of fused-ring (bicyclic) bond motifs is 1. The Morgan fingerprint density at radius 1 is 1.17 bits per heavy atom. The van der Waals surface area contributed by atoms with E-state index in [0.29, 0.717) is 36.0 Å². The van der Waals surface area contributed by atoms with Crippen molar-refractivity contribution in [3.8, 4) is 0 Å². The summed E-state index contributed by atoms with van der Waals surface area (Å²) in [6.45, 7) is 6.20. The number of anilines is 2. The fraction of sp³-hybridized carbons (Fsp3) is 0.381. The second-order valence-corrected chi connectivity index (χ2v) is 8.02. The zero-order chi connectivity index (χ0) is 21.7. The molecule has 0 atom stereocenters. The van der Waals surface area contributed by atoms with Crippen LogP contribution in [0.2, 0.25) is 0 Å². The molecule has 2 aromatic heterocycles. The number of rotatable bonds is 4. The fourth-order valence-electron chi connectivity index (χ4n) is 3.76. The molecule has 1 aromatic carbocycles. The van der Waals surface area contributed by atoms with Crippen LogP contribution in [0.25, 0.3) is 10.8 Å². The number of nitrogens with zero attached hydrogens (tertiary/aromatic N) is 4. The van der Waals surface area contributed by atoms with Crippen molar-refractivity contribution >= 4 is 22.4 Å². The first kappa shape index (κ1) is 20.3. The van der Waals surface area contributed by atoms with Crippen molar-refractivity contribution < 1.29 is 18.3 Å². The van der Waals surface area contributed by atoms with E-state index in [4.69, 9.17) is 0 Å². The molecule has 0 unspecified atom stereocenters. The van der Waals surface area contributed by atoms with E-state index in [-0.39, 0.29) is 12.1 Å². The van der Waals surface area contributed by atoms with E-state index in [2.05, 4.69) is 20.5 Å². The summed E-state index contributed by atoms with van der Waals surface area (Å²) in [5, 5.41) is 23.1. The van der Waals surface area contributed by atoms with Crippen LogP contribution in [-0.2, 0) is 12.7 Å². The average molecular weight is 417 g/mol. The van der Waals surface area contributed by atoms with Crippen LogP contribution in [0.1, 0.15) is 29.3 Å². The number of alkyl halides is 3. The highest BCUT2D eigenvalue weighted by molar-refractivity contribution is 5.94. The maximum atomic E-state index is 13.2. The maximum Gasteiger partial charge on any atom is 0.416 e. The normalized spacial score (nSPS) is 15.9. The van der Waals surface area contributed by atoms with Gasteiger partial charge in [-0.15, -0.1) is 5.10 Å². The molecule has 158 valence electrons. The topological polar surface area (TPSA) is 74.2 Å². The quantitative estimate of drug-likeness (QED) is 0.672. The minimum atomic E-state index is -4.39. The average Bonchev–Trinajstić information content (AvgIpc) is 2.65. The second kappa shape index (κ2) is 7.09. The Bertz CT molecular complexity index is 1110. The molecule has 3 heterocycles. The standard InChI is InChI=1S/C21H22F3N5O/c1-12-14(5-4-6-17(12)21(22,23)24)8-26-19-15-7-18(29-10-20(3,30)11-29)25-9-16(15)13(2)27-28-19/h4-7,9,30H,8,10-11H2,1-3H3,(H,26,28). The summed E-state index contributed by atoms with van der Waals surface area (Å²) < 4.78 is 39.6. The second-order valence-electron chi connectivity index (χ2n) is 8.02. The van der Waals surface area contributed by atoms with Crippen molar-refractivity contribution in [2.75, 3.05) is 23.3 Å². The number of hydrogen-bond donors (Lipinski definition) is 2. The van der Waals surface area contributed by atoms with Crippen molar-refractivity contribution in [2.45, 2.75) is 39.1 Å². The van der Waals surface area contributed by atoms with E-state index in [9.17, 15) is 18.3 Å². The van der Waals surface area contributed by atoms with E-state index in [0.717, 1.165) is 16.8 Å². The molecule has 1 aliphatic heterocycles. The largest absolute Gasteiger partial charge is 0.416 e. The van der Waals surface area contributed by atoms with Gasteiger partial charge in [0.2, 0.25) is 0 Å². The van der Waals surface area contributed by atoms with Crippen LogP contribution >= 0.6 is 0 Å². The molecule has 3 aromatic rings. The number of hydrogen-bond acceptors (Lipinski definition) is 6. The summed E-state index contributed by atoms with van der Waals surface area (Å²) in [4.78, 5) is 6.42. The van der Waals surface area contributed by atoms with Gasteiger partial charge >= 0.3 is 6.18 Å². The summed E-state index contributed by atoms with van der Waals surface area (Å²) in [5.74, 6) is 1.18. The molecule has 0 saturated carbocycles. The molecule has 1 aliphatic rings. The summed E-state index contributed by atoms with van der Waals surface area (Å²) in [6.07, 6.45) is -2.68. The van der Waals surface area contributed by atoms with Gasteiger partial charge < -0.3 is 15.3 Å². The molecule has 4 rings (SSSR count). The van der Waals surface area contributed by atoms with Crippen LogP contribution in [0, 0.1) is 13.8 Å². The van der Waals surface area contributed by atoms with Crippen LogP contribution in [0.3, 0.4) is 0 Å². The van der Waals surface area contributed by atoms with Crippen LogP contribution in [0.5, 0.6) is 0 Å². The fourth-order valence-corrected chi connectivity index (χ4v) is 3.76. The minimum absolute atomic E-state index is 0.179. The van der Waals surface area contributed by atoms with Crippen LogP contribution in [-0.4, -0.2) is 39.0 Å². The van der Waals surface area contributed by atoms with Gasteiger partial charge in [-0.25, -0.2) is 4.98 Å². The van der Waals surface area contributed by atoms with Crippen molar-refractivity contribution in [2.24, 2.45) is 0 Å². The number of benzene rings is 1. The number of pyridine rings is 1. The van der Waals surface area contributed by atoms with Gasteiger partial charge in [0.25, 0.3) is 0 Å². The van der Waals surface area contributed by atoms with Gasteiger partial charge in [-0.3, -0.25) is 0 Å². The Labute approximate surface area is 171 Å². The van der Waals surface area contributed by atoms with E-state index < -0.39 is 17.3 Å². The van der Waals surface area contributed by atoms with Gasteiger partial charge in [0, 0.05) is 36.6 Å². The Hall–Kier alpha value is -2.94. The maximum absolute atomic E-state index is 13.2. The highest BCUT2D eigenvalue weighted by Crippen LogP contribution is 2.34. The highest BCUT2D eigenvalue weighted by atomic mass is 19.4. The first-order valence-electron chi connectivity index (χ1n) is 9.55. The molecule has 1 saturated heterocycles. The summed E-state index contributed by atoms with van der Waals surface area (Å²) >= 11 is 0. The predicted octanol–water partition coefficient (Wildman–Crippen LogP) is 3.84. The number of β-amino-alcohol motifs (C(OH)–C–C–N with tert-alkyl or cyclic N) is 1. The molecule has 6 nitrogen and oxygen atoms in total. The number of aliphatic hydroxyl groups is 1. The number of aromatic nitrogens is 3. The summed E-state index contributed by atoms with van der Waals surface area (Å²) in [7, 11) is 0. The third-order valence-corrected chi connectivity index (χ3v) is 5.42. The van der Waals surface area contributed by atoms with Crippen LogP contribution in [0.15, 0.2) is 30.5 Å². The monoisotopic (exact) mass is 417 g/mol. The molecule has 0 bridgehead atoms. The lowest BCUT2D eigenvalue weighted by atomic mass is 9.97. The molecule has 30 heavy (non-hydrogen) atoms. The lowest BCUT2D eigenvalue weighted by Crippen LogP contribution is -2.60. The zero-order valence-electron chi connectivity index (χ0n) is 16.9. The van der Waals surface area contributed by atoms with Crippen molar-refractivity contribution in [3.05, 3.63) is 52.8 Å². The van der Waals surface area contributed by atoms with E-state index in [1.807, 2.05) is 17.9 Å². The summed E-state index contributed by atoms with van der Waals surface area (Å²) in [6, 6.07) is 6.02. The van der Waals surface area contributed by atoms with E-state index >= 15 is 0 Å². The van der Waals surface area contributed by atoms with Gasteiger partial charge in [-0.1, -0.05) is 12.1 Å². The lowest BCUT2D eigenvalue weighted by molar-refractivity contribution is -0.138. The molecular weight excluding hydrogens is 395 g/mol. The molecule has 9 heteroatoms. The summed E-state index contributed by atoms with van der Waals surface area (Å²) in [5.41, 5.74) is 0.0596. The SMILES string of the molecule is Cc1c(CNc2nnc(C)c3cnc(N4CC(C)(O)C4)cc23)cccc1C(F)(F)F. The van der Waals surface area contributed by atoms with E-state index in [1.165, 1.54) is 13.0 Å². The van der Waals surface area contributed by atoms with Crippen LogP contribution in [0.4, 0.5) is 24.8 Å². The predicted molar refractivity (Wildman–Crippen MR) is 108 cm³/mol. The van der Waals surface area contributed by atoms with E-state index in [1.54, 1.807) is 19.2 Å². The minimum Gasteiger partial charge on any atom is -0.386 e. The zero-order valence-corrected chi connectivity index (χ0v) is 16.9. The molecule has 0 radical (unpaired) electrons. The molecular formula is C21H22F3N5O. The molecule has 0 aliphatic carbocycles. The Morgan fingerprint density at radius 2 is 1.90 bits per heavy atom. The van der Waals surface area contributed by atoms with Gasteiger partial charge in [-0.2, -0.15) is 18.3 Å². The van der Waals surface area contributed by atoms with Gasteiger partial charge in [0.05, 0.1) is 16.9 Å². The molecule has 0 spiro atoms. The number of aryl methyl sites for hydroxylation is 1. The Balaban J connectivity index is 1.64. The number of nitrogens with one attached hydrogen (secondary N) is 1. The molecule has 2 N–H and O–H groups in total. The van der Waals surface area contributed by atoms with Gasteiger partial charge in [-0.05, 0) is 44.0 Å². The van der Waals surface area contributed by atoms with Crippen LogP contribution < -0.4 is 10.2 Å². The highest BCUT2D eigenvalue weighted by Gasteiger charge is 2.37. The number of halogens is 3. The van der Waals surface area contributed by atoms with Crippen molar-refractivity contribution in [1.82, 2.24) is 15.2 Å². The Kier molecular flexibility index (Phi) is 4.80. The van der Waals surface area contributed by atoms with Gasteiger partial charge in [0.15, 0.2) is 5.82 Å². The third-order valence-electron chi connectivity index (χ3n) is 5.42. The molecule has 1 fully saturated rings. The smallest absolute Gasteiger partial charge is 0.386 e. The third kappa shape index (κ3) is 3.77. The van der Waals surface area contributed by atoms with Gasteiger partial charge in [0.1, 0.15) is 5.82 Å². The first-order chi connectivity index (χ1) is 14.0. The first-order valence-corrected chi connectivity index (χ1v) is 9.55.